The van der Waals surface area contributed by atoms with Gasteiger partial charge in [-0.25, -0.2) is 0 Å². The second-order valence-corrected chi connectivity index (χ2v) is 5.69. The fourth-order valence-corrected chi connectivity index (χ4v) is 3.35. The van der Waals surface area contributed by atoms with E-state index < -0.39 is 0 Å². The largest absolute Gasteiger partial charge is 0.396 e. The average Bonchev–Trinajstić information content (AvgIpc) is 2.28. The molecule has 4 atom stereocenters. The first-order valence-electron chi connectivity index (χ1n) is 7.03. The predicted molar refractivity (Wildman–Crippen MR) is 65.2 cm³/mol. The topological polar surface area (TPSA) is 29.5 Å². The molecule has 1 N–H and O–H groups in total. The second kappa shape index (κ2) is 6.02. The Balaban J connectivity index is 1.89. The van der Waals surface area contributed by atoms with Crippen LogP contribution in [-0.2, 0) is 4.74 Å². The minimum atomic E-state index is 0.317. The molecule has 1 aliphatic carbocycles. The van der Waals surface area contributed by atoms with E-state index in [1.807, 2.05) is 0 Å². The number of hydrogen-bond acceptors (Lipinski definition) is 2. The summed E-state index contributed by atoms with van der Waals surface area (Å²) in [4.78, 5) is 0. The third-order valence-electron chi connectivity index (χ3n) is 4.77. The molecule has 2 heteroatoms. The summed E-state index contributed by atoms with van der Waals surface area (Å²) in [5.74, 6) is 2.80. The molecule has 0 amide bonds. The second-order valence-electron chi connectivity index (χ2n) is 5.69. The molecule has 1 aliphatic heterocycles. The van der Waals surface area contributed by atoms with Crippen LogP contribution in [0, 0.1) is 23.7 Å². The number of fused-ring (bicyclic) bond motifs is 1. The van der Waals surface area contributed by atoms with Crippen LogP contribution >= 0.6 is 0 Å². The van der Waals surface area contributed by atoms with E-state index in [9.17, 15) is 5.11 Å². The van der Waals surface area contributed by atoms with Crippen LogP contribution in [0.3, 0.4) is 0 Å². The summed E-state index contributed by atoms with van der Waals surface area (Å²) < 4.78 is 5.81. The van der Waals surface area contributed by atoms with E-state index >= 15 is 0 Å². The van der Waals surface area contributed by atoms with Crippen LogP contribution in [0.4, 0.5) is 0 Å². The molecule has 1 heterocycles. The molecule has 2 aliphatic rings. The first-order chi connectivity index (χ1) is 7.85. The Labute approximate surface area is 99.4 Å². The Morgan fingerprint density at radius 2 is 2.00 bits per heavy atom. The van der Waals surface area contributed by atoms with Crippen LogP contribution in [0.15, 0.2) is 0 Å². The average molecular weight is 226 g/mol. The molecule has 1 saturated heterocycles. The van der Waals surface area contributed by atoms with Crippen LogP contribution in [0.1, 0.15) is 45.4 Å². The Bertz CT molecular complexity index is 205. The molecular weight excluding hydrogens is 200 g/mol. The lowest BCUT2D eigenvalue weighted by molar-refractivity contribution is -0.0247. The third kappa shape index (κ3) is 2.78. The van der Waals surface area contributed by atoms with Gasteiger partial charge in [0.15, 0.2) is 0 Å². The number of ether oxygens (including phenoxy) is 1. The molecule has 0 aromatic heterocycles. The van der Waals surface area contributed by atoms with Gasteiger partial charge in [-0.15, -0.1) is 0 Å². The van der Waals surface area contributed by atoms with Crippen LogP contribution in [0.25, 0.3) is 0 Å². The zero-order valence-corrected chi connectivity index (χ0v) is 10.5. The molecular formula is C14H26O2. The fourth-order valence-electron chi connectivity index (χ4n) is 3.35. The van der Waals surface area contributed by atoms with E-state index in [0.29, 0.717) is 12.5 Å². The molecule has 0 spiro atoms. The first-order valence-corrected chi connectivity index (χ1v) is 7.03. The van der Waals surface area contributed by atoms with Gasteiger partial charge < -0.3 is 9.84 Å². The van der Waals surface area contributed by atoms with Crippen molar-refractivity contribution in [3.8, 4) is 0 Å². The van der Waals surface area contributed by atoms with Crippen molar-refractivity contribution in [2.45, 2.75) is 45.4 Å². The normalized spacial score (nSPS) is 40.9. The van der Waals surface area contributed by atoms with Crippen molar-refractivity contribution in [2.24, 2.45) is 23.7 Å². The summed E-state index contributed by atoms with van der Waals surface area (Å²) in [6.45, 7) is 4.27. The van der Waals surface area contributed by atoms with Gasteiger partial charge in [-0.05, 0) is 37.0 Å². The summed E-state index contributed by atoms with van der Waals surface area (Å²) in [7, 11) is 0. The molecule has 94 valence electrons. The number of rotatable bonds is 2. The van der Waals surface area contributed by atoms with E-state index in [2.05, 4.69) is 6.92 Å². The molecule has 0 aromatic rings. The summed E-state index contributed by atoms with van der Waals surface area (Å²) in [6, 6.07) is 0. The lowest BCUT2D eigenvalue weighted by atomic mass is 9.65. The van der Waals surface area contributed by atoms with E-state index in [1.54, 1.807) is 0 Å². The maximum atomic E-state index is 9.44. The smallest absolute Gasteiger partial charge is 0.0519 e. The zero-order valence-electron chi connectivity index (χ0n) is 10.5. The van der Waals surface area contributed by atoms with Gasteiger partial charge in [0, 0.05) is 19.1 Å². The molecule has 1 saturated carbocycles. The predicted octanol–water partition coefficient (Wildman–Crippen LogP) is 2.85. The van der Waals surface area contributed by atoms with Gasteiger partial charge >= 0.3 is 0 Å². The first kappa shape index (κ1) is 12.4. The van der Waals surface area contributed by atoms with Crippen molar-refractivity contribution in [1.29, 1.82) is 0 Å². The highest BCUT2D eigenvalue weighted by Gasteiger charge is 2.36. The number of aliphatic hydroxyl groups is 1. The standard InChI is InChI=1S/C14H26O2/c1-2-11-4-3-5-12-6-7-14(12)13(8-15)10-16-9-11/h11-15H,2-10H2,1H3. The molecule has 2 fully saturated rings. The summed E-state index contributed by atoms with van der Waals surface area (Å²) in [6.07, 6.45) is 8.02. The lowest BCUT2D eigenvalue weighted by Gasteiger charge is -2.42. The van der Waals surface area contributed by atoms with Gasteiger partial charge in [0.05, 0.1) is 6.61 Å². The zero-order chi connectivity index (χ0) is 11.4. The molecule has 0 aromatic carbocycles. The molecule has 4 unspecified atom stereocenters. The minimum absolute atomic E-state index is 0.317. The van der Waals surface area contributed by atoms with Gasteiger partial charge in [-0.3, -0.25) is 0 Å². The van der Waals surface area contributed by atoms with Crippen molar-refractivity contribution >= 4 is 0 Å². The van der Waals surface area contributed by atoms with Crippen LogP contribution < -0.4 is 0 Å². The van der Waals surface area contributed by atoms with E-state index in [1.165, 1.54) is 38.5 Å². The Morgan fingerprint density at radius 3 is 2.62 bits per heavy atom. The maximum Gasteiger partial charge on any atom is 0.0519 e. The van der Waals surface area contributed by atoms with Gasteiger partial charge in [0.2, 0.25) is 0 Å². The minimum Gasteiger partial charge on any atom is -0.396 e. The van der Waals surface area contributed by atoms with Crippen molar-refractivity contribution in [3.63, 3.8) is 0 Å². The quantitative estimate of drug-likeness (QED) is 0.784. The summed E-state index contributed by atoms with van der Waals surface area (Å²) in [5.41, 5.74) is 0. The molecule has 0 radical (unpaired) electrons. The van der Waals surface area contributed by atoms with Crippen molar-refractivity contribution in [1.82, 2.24) is 0 Å². The molecule has 16 heavy (non-hydrogen) atoms. The molecule has 2 rings (SSSR count). The van der Waals surface area contributed by atoms with Crippen molar-refractivity contribution < 1.29 is 9.84 Å². The molecule has 0 bridgehead atoms. The van der Waals surface area contributed by atoms with Gasteiger partial charge in [-0.1, -0.05) is 26.2 Å². The summed E-state index contributed by atoms with van der Waals surface area (Å²) in [5, 5.41) is 9.44. The Morgan fingerprint density at radius 1 is 1.12 bits per heavy atom. The maximum absolute atomic E-state index is 9.44. The number of aliphatic hydroxyl groups excluding tert-OH is 1. The highest BCUT2D eigenvalue weighted by atomic mass is 16.5. The van der Waals surface area contributed by atoms with Gasteiger partial charge in [-0.2, -0.15) is 0 Å². The van der Waals surface area contributed by atoms with Gasteiger partial charge in [0.25, 0.3) is 0 Å². The lowest BCUT2D eigenvalue weighted by Crippen LogP contribution is -2.37. The van der Waals surface area contributed by atoms with Gasteiger partial charge in [0.1, 0.15) is 0 Å². The van der Waals surface area contributed by atoms with Crippen LogP contribution in [0.5, 0.6) is 0 Å². The van der Waals surface area contributed by atoms with Crippen molar-refractivity contribution in [3.05, 3.63) is 0 Å². The van der Waals surface area contributed by atoms with E-state index in [0.717, 1.165) is 31.0 Å². The summed E-state index contributed by atoms with van der Waals surface area (Å²) >= 11 is 0. The number of hydrogen-bond donors (Lipinski definition) is 1. The SMILES string of the molecule is CCC1CCCC2CCC2C(CO)COC1. The Hall–Kier alpha value is -0.0800. The van der Waals surface area contributed by atoms with Crippen LogP contribution in [0.2, 0.25) is 0 Å². The van der Waals surface area contributed by atoms with Crippen molar-refractivity contribution in [2.75, 3.05) is 19.8 Å². The van der Waals surface area contributed by atoms with Crippen LogP contribution in [-0.4, -0.2) is 24.9 Å². The Kier molecular flexibility index (Phi) is 4.66. The van der Waals surface area contributed by atoms with E-state index in [4.69, 9.17) is 4.74 Å². The molecule has 2 nitrogen and oxygen atoms in total. The monoisotopic (exact) mass is 226 g/mol. The fraction of sp³-hybridized carbons (Fsp3) is 1.00. The third-order valence-corrected chi connectivity index (χ3v) is 4.77. The highest BCUT2D eigenvalue weighted by molar-refractivity contribution is 4.86. The van der Waals surface area contributed by atoms with E-state index in [-0.39, 0.29) is 0 Å². The highest BCUT2D eigenvalue weighted by Crippen LogP contribution is 2.43.